The molecule has 0 fully saturated rings. The lowest BCUT2D eigenvalue weighted by Gasteiger charge is -2.19. The van der Waals surface area contributed by atoms with Crippen molar-refractivity contribution in [2.24, 2.45) is 0 Å². The van der Waals surface area contributed by atoms with Crippen molar-refractivity contribution in [2.75, 3.05) is 32.6 Å². The fourth-order valence-electron chi connectivity index (χ4n) is 1.07. The highest BCUT2D eigenvalue weighted by molar-refractivity contribution is 7.89. The number of sulfonamides is 1. The van der Waals surface area contributed by atoms with Crippen LogP contribution in [-0.4, -0.2) is 45.3 Å². The van der Waals surface area contributed by atoms with Gasteiger partial charge in [0.15, 0.2) is 0 Å². The molecule has 0 aliphatic carbocycles. The molecule has 0 bridgehead atoms. The molecular weight excluding hydrogens is 202 g/mol. The molecule has 0 aromatic heterocycles. The molecule has 0 aromatic rings. The average molecular weight is 221 g/mol. The van der Waals surface area contributed by atoms with Crippen LogP contribution in [0.4, 0.5) is 0 Å². The third-order valence-electron chi connectivity index (χ3n) is 1.73. The summed E-state index contributed by atoms with van der Waals surface area (Å²) >= 11 is 0. The zero-order chi connectivity index (χ0) is 11.0. The summed E-state index contributed by atoms with van der Waals surface area (Å²) in [6.07, 6.45) is 2.21. The molecule has 5 heteroatoms. The zero-order valence-corrected chi connectivity index (χ0v) is 9.72. The van der Waals surface area contributed by atoms with Crippen molar-refractivity contribution in [1.82, 2.24) is 4.31 Å². The van der Waals surface area contributed by atoms with Gasteiger partial charge in [-0.3, -0.25) is 0 Å². The Morgan fingerprint density at radius 2 is 2.14 bits per heavy atom. The van der Waals surface area contributed by atoms with E-state index in [9.17, 15) is 8.42 Å². The largest absolute Gasteiger partial charge is 0.383 e. The minimum atomic E-state index is -3.12. The number of nitrogens with zero attached hydrogens (tertiary/aromatic N) is 1. The van der Waals surface area contributed by atoms with E-state index in [2.05, 4.69) is 6.58 Å². The molecule has 84 valence electrons. The quantitative estimate of drug-likeness (QED) is 0.571. The van der Waals surface area contributed by atoms with Crippen molar-refractivity contribution in [3.63, 3.8) is 0 Å². The van der Waals surface area contributed by atoms with E-state index in [4.69, 9.17) is 4.74 Å². The summed E-state index contributed by atoms with van der Waals surface area (Å²) in [6, 6.07) is 0. The number of ether oxygens (including phenoxy) is 1. The smallest absolute Gasteiger partial charge is 0.214 e. The lowest BCUT2D eigenvalue weighted by atomic mass is 10.6. The second kappa shape index (κ2) is 6.98. The van der Waals surface area contributed by atoms with Gasteiger partial charge in [-0.1, -0.05) is 13.0 Å². The van der Waals surface area contributed by atoms with Crippen LogP contribution in [0.3, 0.4) is 0 Å². The van der Waals surface area contributed by atoms with Crippen LogP contribution in [-0.2, 0) is 14.8 Å². The second-order valence-electron chi connectivity index (χ2n) is 2.96. The molecule has 0 saturated carbocycles. The highest BCUT2D eigenvalue weighted by Crippen LogP contribution is 2.03. The topological polar surface area (TPSA) is 46.6 Å². The molecule has 0 saturated heterocycles. The number of hydrogen-bond donors (Lipinski definition) is 0. The Balaban J connectivity index is 4.37. The predicted molar refractivity (Wildman–Crippen MR) is 57.7 cm³/mol. The Morgan fingerprint density at radius 1 is 1.50 bits per heavy atom. The Labute approximate surface area is 86.6 Å². The van der Waals surface area contributed by atoms with Gasteiger partial charge in [-0.15, -0.1) is 6.58 Å². The Hall–Kier alpha value is -0.390. The van der Waals surface area contributed by atoms with Gasteiger partial charge in [-0.25, -0.2) is 8.42 Å². The van der Waals surface area contributed by atoms with Gasteiger partial charge in [-0.2, -0.15) is 4.31 Å². The van der Waals surface area contributed by atoms with Gasteiger partial charge in [0.2, 0.25) is 10.0 Å². The molecule has 0 atom stereocenters. The third kappa shape index (κ3) is 4.74. The molecule has 0 unspecified atom stereocenters. The molecule has 0 aromatic carbocycles. The lowest BCUT2D eigenvalue weighted by molar-refractivity contribution is 0.182. The Bertz CT molecular complexity index is 249. The summed E-state index contributed by atoms with van der Waals surface area (Å²) in [5.41, 5.74) is 0. The number of methoxy groups -OCH3 is 1. The monoisotopic (exact) mass is 221 g/mol. The van der Waals surface area contributed by atoms with E-state index >= 15 is 0 Å². The Morgan fingerprint density at radius 3 is 2.57 bits per heavy atom. The number of rotatable bonds is 8. The molecule has 0 amide bonds. The van der Waals surface area contributed by atoms with Crippen LogP contribution in [0, 0.1) is 0 Å². The Kier molecular flexibility index (Phi) is 6.78. The maximum atomic E-state index is 11.6. The van der Waals surface area contributed by atoms with Gasteiger partial charge >= 0.3 is 0 Å². The van der Waals surface area contributed by atoms with Crippen molar-refractivity contribution < 1.29 is 13.2 Å². The fraction of sp³-hybridized carbons (Fsp3) is 0.778. The lowest BCUT2D eigenvalue weighted by Crippen LogP contribution is -2.35. The summed E-state index contributed by atoms with van der Waals surface area (Å²) in [4.78, 5) is 0. The van der Waals surface area contributed by atoms with Crippen LogP contribution in [0.1, 0.15) is 13.3 Å². The van der Waals surface area contributed by atoms with Gasteiger partial charge in [0.1, 0.15) is 0 Å². The van der Waals surface area contributed by atoms with Crippen molar-refractivity contribution >= 4 is 10.0 Å². The number of hydrogen-bond acceptors (Lipinski definition) is 3. The molecule has 0 aliphatic heterocycles. The van der Waals surface area contributed by atoms with E-state index in [-0.39, 0.29) is 5.75 Å². The van der Waals surface area contributed by atoms with Crippen LogP contribution >= 0.6 is 0 Å². The van der Waals surface area contributed by atoms with E-state index in [1.807, 2.05) is 6.92 Å². The zero-order valence-electron chi connectivity index (χ0n) is 8.90. The molecule has 0 radical (unpaired) electrons. The molecule has 14 heavy (non-hydrogen) atoms. The summed E-state index contributed by atoms with van der Waals surface area (Å²) < 4.78 is 29.5. The van der Waals surface area contributed by atoms with Gasteiger partial charge in [0, 0.05) is 20.2 Å². The summed E-state index contributed by atoms with van der Waals surface area (Å²) in [5, 5.41) is 0. The van der Waals surface area contributed by atoms with Crippen LogP contribution in [0.15, 0.2) is 12.7 Å². The molecule has 4 nitrogen and oxygen atoms in total. The highest BCUT2D eigenvalue weighted by Gasteiger charge is 2.18. The van der Waals surface area contributed by atoms with Gasteiger partial charge in [0.25, 0.3) is 0 Å². The molecule has 0 N–H and O–H groups in total. The molecule has 0 aliphatic rings. The van der Waals surface area contributed by atoms with Crippen molar-refractivity contribution in [3.8, 4) is 0 Å². The molecule has 0 heterocycles. The molecule has 0 spiro atoms. The minimum absolute atomic E-state index is 0.185. The maximum Gasteiger partial charge on any atom is 0.214 e. The van der Waals surface area contributed by atoms with Crippen molar-refractivity contribution in [3.05, 3.63) is 12.7 Å². The van der Waals surface area contributed by atoms with Crippen molar-refractivity contribution in [2.45, 2.75) is 13.3 Å². The van der Waals surface area contributed by atoms with Gasteiger partial charge in [-0.05, 0) is 6.42 Å². The first kappa shape index (κ1) is 13.6. The van der Waals surface area contributed by atoms with Crippen LogP contribution in [0.5, 0.6) is 0 Å². The fourth-order valence-corrected chi connectivity index (χ4v) is 2.53. The van der Waals surface area contributed by atoms with Crippen LogP contribution in [0.2, 0.25) is 0 Å². The normalized spacial score (nSPS) is 11.9. The molecular formula is C9H19NO3S. The maximum absolute atomic E-state index is 11.6. The summed E-state index contributed by atoms with van der Waals surface area (Å²) in [5.74, 6) is 0.185. The van der Waals surface area contributed by atoms with Crippen LogP contribution in [0.25, 0.3) is 0 Å². The van der Waals surface area contributed by atoms with Crippen LogP contribution < -0.4 is 0 Å². The predicted octanol–water partition coefficient (Wildman–Crippen LogP) is 0.861. The van der Waals surface area contributed by atoms with E-state index in [0.717, 1.165) is 0 Å². The van der Waals surface area contributed by atoms with Crippen molar-refractivity contribution in [1.29, 1.82) is 0 Å². The highest BCUT2D eigenvalue weighted by atomic mass is 32.2. The minimum Gasteiger partial charge on any atom is -0.383 e. The summed E-state index contributed by atoms with van der Waals surface area (Å²) in [6.45, 7) is 6.54. The first-order chi connectivity index (χ1) is 6.58. The first-order valence-corrected chi connectivity index (χ1v) is 6.27. The average Bonchev–Trinajstić information content (AvgIpc) is 2.11. The SMILES string of the molecule is C=CCN(CCOC)S(=O)(=O)CCC. The summed E-state index contributed by atoms with van der Waals surface area (Å²) in [7, 11) is -1.57. The molecule has 0 rings (SSSR count). The van der Waals surface area contributed by atoms with E-state index in [1.165, 1.54) is 4.31 Å². The van der Waals surface area contributed by atoms with E-state index < -0.39 is 10.0 Å². The van der Waals surface area contributed by atoms with Gasteiger partial charge < -0.3 is 4.74 Å². The standard InChI is InChI=1S/C9H19NO3S/c1-4-6-10(7-8-13-3)14(11,12)9-5-2/h4H,1,5-9H2,2-3H3. The van der Waals surface area contributed by atoms with Gasteiger partial charge in [0.05, 0.1) is 12.4 Å². The third-order valence-corrected chi connectivity index (χ3v) is 3.78. The van der Waals surface area contributed by atoms with E-state index in [1.54, 1.807) is 13.2 Å². The first-order valence-electron chi connectivity index (χ1n) is 4.66. The second-order valence-corrected chi connectivity index (χ2v) is 5.04. The van der Waals surface area contributed by atoms with E-state index in [0.29, 0.717) is 26.1 Å².